The molecule has 0 radical (unpaired) electrons. The fraction of sp³-hybridized carbons (Fsp3) is 0.250. The maximum Gasteiger partial charge on any atom is 0.336 e. The van der Waals surface area contributed by atoms with Gasteiger partial charge in [-0.3, -0.25) is 4.79 Å². The van der Waals surface area contributed by atoms with E-state index in [1.54, 1.807) is 24.3 Å². The number of carbonyl (C=O) groups is 1. The van der Waals surface area contributed by atoms with Gasteiger partial charge in [-0.2, -0.15) is 10.2 Å². The molecular weight excluding hydrogens is 424 g/mol. The van der Waals surface area contributed by atoms with Crippen molar-refractivity contribution in [3.63, 3.8) is 0 Å². The summed E-state index contributed by atoms with van der Waals surface area (Å²) >= 11 is 0. The first-order valence-electron chi connectivity index (χ1n) is 10.6. The van der Waals surface area contributed by atoms with Crippen molar-refractivity contribution in [2.75, 3.05) is 23.3 Å². The molecule has 1 aromatic carbocycles. The van der Waals surface area contributed by atoms with Crippen LogP contribution in [0.4, 0.5) is 11.6 Å². The lowest BCUT2D eigenvalue weighted by Crippen LogP contribution is -2.38. The molecule has 4 heterocycles. The molecule has 1 aliphatic rings. The van der Waals surface area contributed by atoms with E-state index in [1.165, 1.54) is 12.3 Å². The Bertz CT molecular complexity index is 1420. The number of aryl methyl sites for hydroxylation is 1. The van der Waals surface area contributed by atoms with Gasteiger partial charge in [0, 0.05) is 42.2 Å². The van der Waals surface area contributed by atoms with E-state index in [9.17, 15) is 14.9 Å². The van der Waals surface area contributed by atoms with Gasteiger partial charge in [0.15, 0.2) is 5.76 Å². The zero-order valence-corrected chi connectivity index (χ0v) is 17.8. The van der Waals surface area contributed by atoms with Crippen molar-refractivity contribution >= 4 is 28.4 Å². The van der Waals surface area contributed by atoms with Crippen LogP contribution in [0.1, 0.15) is 24.1 Å². The lowest BCUT2D eigenvalue weighted by atomic mass is 9.95. The lowest BCUT2D eigenvalue weighted by molar-refractivity contribution is -0.120. The summed E-state index contributed by atoms with van der Waals surface area (Å²) in [5, 5.41) is 13.2. The number of aromatic nitrogens is 1. The topological polar surface area (TPSA) is 126 Å². The average molecular weight is 444 g/mol. The van der Waals surface area contributed by atoms with Gasteiger partial charge in [-0.25, -0.2) is 4.79 Å². The molecule has 0 atom stereocenters. The molecule has 4 aromatic rings. The highest BCUT2D eigenvalue weighted by Crippen LogP contribution is 2.31. The van der Waals surface area contributed by atoms with E-state index in [0.29, 0.717) is 48.8 Å². The van der Waals surface area contributed by atoms with Crippen LogP contribution in [0.25, 0.3) is 22.6 Å². The highest BCUT2D eigenvalue weighted by molar-refractivity contribution is 5.95. The van der Waals surface area contributed by atoms with Crippen LogP contribution in [0.15, 0.2) is 60.7 Å². The van der Waals surface area contributed by atoms with Gasteiger partial charge in [-0.1, -0.05) is 0 Å². The smallest absolute Gasteiger partial charge is 0.336 e. The molecule has 0 spiro atoms. The number of carbonyl (C=O) groups excluding carboxylic acids is 1. The summed E-state index contributed by atoms with van der Waals surface area (Å²) in [6.45, 7) is 2.94. The Hall–Kier alpha value is -4.32. The third-order valence-corrected chi connectivity index (χ3v) is 5.82. The number of nitriles is 1. The van der Waals surface area contributed by atoms with Crippen LogP contribution in [0.3, 0.4) is 0 Å². The Balaban J connectivity index is 1.26. The molecule has 0 aliphatic carbocycles. The zero-order chi connectivity index (χ0) is 22.9. The van der Waals surface area contributed by atoms with Gasteiger partial charge in [0.25, 0.3) is 5.89 Å². The summed E-state index contributed by atoms with van der Waals surface area (Å²) in [6.07, 6.45) is 2.70. The van der Waals surface area contributed by atoms with E-state index >= 15 is 0 Å². The summed E-state index contributed by atoms with van der Waals surface area (Å²) in [7, 11) is 0. The van der Waals surface area contributed by atoms with Crippen molar-refractivity contribution in [2.45, 2.75) is 19.8 Å². The molecular formula is C24H20N4O5. The maximum atomic E-state index is 12.8. The van der Waals surface area contributed by atoms with Crippen LogP contribution in [0, 0.1) is 24.2 Å². The second-order valence-corrected chi connectivity index (χ2v) is 7.97. The van der Waals surface area contributed by atoms with Crippen LogP contribution in [0.2, 0.25) is 0 Å². The lowest BCUT2D eigenvalue weighted by Gasteiger charge is -2.30. The Labute approximate surface area is 188 Å². The number of rotatable bonds is 4. The number of fused-ring (bicyclic) bond motifs is 1. The minimum atomic E-state index is -0.421. The number of furan rings is 1. The van der Waals surface area contributed by atoms with Crippen molar-refractivity contribution in [3.8, 4) is 17.7 Å². The predicted octanol–water partition coefficient (Wildman–Crippen LogP) is 4.08. The van der Waals surface area contributed by atoms with Crippen molar-refractivity contribution in [3.05, 3.63) is 64.3 Å². The molecule has 1 saturated heterocycles. The van der Waals surface area contributed by atoms with E-state index in [-0.39, 0.29) is 23.4 Å². The number of nitrogens with zero attached hydrogens (tertiary/aromatic N) is 3. The predicted molar refractivity (Wildman–Crippen MR) is 120 cm³/mol. The van der Waals surface area contributed by atoms with E-state index < -0.39 is 5.63 Å². The van der Waals surface area contributed by atoms with Crippen LogP contribution in [-0.4, -0.2) is 24.0 Å². The van der Waals surface area contributed by atoms with Crippen molar-refractivity contribution in [1.29, 1.82) is 5.26 Å². The SMILES string of the molecule is Cc1cc(=O)oc2cc(NC(=O)C3CCN(c4oc(-c5ccco5)nc4C#N)CC3)ccc12. The summed E-state index contributed by atoms with van der Waals surface area (Å²) < 4.78 is 16.4. The van der Waals surface area contributed by atoms with Crippen molar-refractivity contribution in [1.82, 2.24) is 4.98 Å². The normalized spacial score (nSPS) is 14.4. The minimum Gasteiger partial charge on any atom is -0.459 e. The fourth-order valence-electron chi connectivity index (χ4n) is 4.10. The Morgan fingerprint density at radius 1 is 1.21 bits per heavy atom. The largest absolute Gasteiger partial charge is 0.459 e. The second-order valence-electron chi connectivity index (χ2n) is 7.97. The first kappa shape index (κ1) is 20.6. The van der Waals surface area contributed by atoms with Gasteiger partial charge < -0.3 is 23.5 Å². The van der Waals surface area contributed by atoms with Crippen molar-refractivity contribution in [2.24, 2.45) is 5.92 Å². The van der Waals surface area contributed by atoms with E-state index in [0.717, 1.165) is 10.9 Å². The number of hydrogen-bond donors (Lipinski definition) is 1. The summed E-state index contributed by atoms with van der Waals surface area (Å²) in [5.41, 5.74) is 1.61. The third kappa shape index (κ3) is 3.99. The van der Waals surface area contributed by atoms with Gasteiger partial charge in [0.05, 0.1) is 6.26 Å². The number of piperidine rings is 1. The molecule has 0 saturated carbocycles. The number of hydrogen-bond acceptors (Lipinski definition) is 8. The molecule has 166 valence electrons. The first-order chi connectivity index (χ1) is 16.0. The highest BCUT2D eigenvalue weighted by atomic mass is 16.4. The van der Waals surface area contributed by atoms with Crippen LogP contribution in [0.5, 0.6) is 0 Å². The Morgan fingerprint density at radius 3 is 2.76 bits per heavy atom. The molecule has 1 N–H and O–H groups in total. The average Bonchev–Trinajstić information content (AvgIpc) is 3.49. The zero-order valence-electron chi connectivity index (χ0n) is 17.8. The Kier molecular flexibility index (Phi) is 5.18. The third-order valence-electron chi connectivity index (χ3n) is 5.82. The van der Waals surface area contributed by atoms with Gasteiger partial charge in [-0.05, 0) is 49.6 Å². The second kappa shape index (κ2) is 8.31. The quantitative estimate of drug-likeness (QED) is 0.467. The molecule has 5 rings (SSSR count). The molecule has 0 bridgehead atoms. The first-order valence-corrected chi connectivity index (χ1v) is 10.6. The summed E-state index contributed by atoms with van der Waals surface area (Å²) in [6, 6.07) is 12.2. The highest BCUT2D eigenvalue weighted by Gasteiger charge is 2.29. The molecule has 1 aliphatic heterocycles. The number of oxazole rings is 1. The van der Waals surface area contributed by atoms with Gasteiger partial charge in [0.2, 0.25) is 17.5 Å². The minimum absolute atomic E-state index is 0.0987. The molecule has 0 unspecified atom stereocenters. The van der Waals surface area contributed by atoms with Crippen LogP contribution < -0.4 is 15.8 Å². The monoisotopic (exact) mass is 444 g/mol. The van der Waals surface area contributed by atoms with Crippen LogP contribution in [-0.2, 0) is 4.79 Å². The number of anilines is 2. The van der Waals surface area contributed by atoms with Gasteiger partial charge >= 0.3 is 5.63 Å². The standard InChI is InChI=1S/C24H20N4O5/c1-14-11-21(29)32-20-12-16(4-5-17(14)20)26-22(30)15-6-8-28(9-7-15)24-18(13-25)27-23(33-24)19-3-2-10-31-19/h2-5,10-12,15H,6-9H2,1H3,(H,26,30). The summed E-state index contributed by atoms with van der Waals surface area (Å²) in [5.74, 6) is 0.804. The van der Waals surface area contributed by atoms with E-state index in [2.05, 4.69) is 16.4 Å². The number of nitrogens with one attached hydrogen (secondary N) is 1. The molecule has 1 amide bonds. The molecule has 3 aromatic heterocycles. The number of benzene rings is 1. The van der Waals surface area contributed by atoms with Gasteiger partial charge in [-0.15, -0.1) is 0 Å². The number of amides is 1. The molecule has 9 heteroatoms. The van der Waals surface area contributed by atoms with Crippen LogP contribution >= 0.6 is 0 Å². The molecule has 33 heavy (non-hydrogen) atoms. The maximum absolute atomic E-state index is 12.8. The fourth-order valence-corrected chi connectivity index (χ4v) is 4.10. The Morgan fingerprint density at radius 2 is 2.03 bits per heavy atom. The van der Waals surface area contributed by atoms with E-state index in [1.807, 2.05) is 17.9 Å². The van der Waals surface area contributed by atoms with Gasteiger partial charge in [0.1, 0.15) is 11.7 Å². The summed E-state index contributed by atoms with van der Waals surface area (Å²) in [4.78, 5) is 30.6. The molecule has 1 fully saturated rings. The van der Waals surface area contributed by atoms with Crippen molar-refractivity contribution < 1.29 is 18.0 Å². The van der Waals surface area contributed by atoms with E-state index in [4.69, 9.17) is 13.3 Å². The molecule has 9 nitrogen and oxygen atoms in total.